The van der Waals surface area contributed by atoms with Crippen LogP contribution in [0.4, 0.5) is 13.2 Å². The number of ether oxygens (including phenoxy) is 5. The number of halogens is 3. The number of carbonyl (C=O) groups is 1. The fourth-order valence-electron chi connectivity index (χ4n) is 5.33. The summed E-state index contributed by atoms with van der Waals surface area (Å²) < 4.78 is 70.4. The first-order valence-corrected chi connectivity index (χ1v) is 14.1. The minimum Gasteiger partial charge on any atom is -0.486 e. The van der Waals surface area contributed by atoms with Gasteiger partial charge < -0.3 is 44.3 Å². The van der Waals surface area contributed by atoms with Crippen LogP contribution in [-0.2, 0) is 19.0 Å². The molecule has 0 bridgehead atoms. The zero-order valence-electron chi connectivity index (χ0n) is 23.9. The second kappa shape index (κ2) is 13.7. The van der Waals surface area contributed by atoms with Gasteiger partial charge in [0.25, 0.3) is 0 Å². The highest BCUT2D eigenvalue weighted by atomic mass is 19.1. The number of rotatable bonds is 9. The van der Waals surface area contributed by atoms with Crippen molar-refractivity contribution in [2.45, 2.75) is 75.4 Å². The number of carbonyl (C=O) groups excluding carboxylic acids is 1. The smallest absolute Gasteiger partial charge is 0.247 e. The zero-order valence-corrected chi connectivity index (χ0v) is 23.9. The Morgan fingerprint density at radius 2 is 1.73 bits per heavy atom. The van der Waals surface area contributed by atoms with Crippen LogP contribution >= 0.6 is 0 Å². The molecule has 10 nitrogen and oxygen atoms in total. The van der Waals surface area contributed by atoms with Gasteiger partial charge in [-0.1, -0.05) is 18.2 Å². The SMILES string of the molecule is C/C(=C\c1ccc(O[C@@H]2O[C@H](/C(C)=C/COc3ccccc3F)C[C@@H]2F)c(F)c1)C(=O)N[C@@H]1[C@H](O)[C@@H](O)[C@H]2OCO[C@H]2[C@@H]1O. The summed E-state index contributed by atoms with van der Waals surface area (Å²) in [6, 6.07) is 8.56. The van der Waals surface area contributed by atoms with Gasteiger partial charge in [0.2, 0.25) is 12.2 Å². The Hall–Kier alpha value is -3.46. The molecule has 44 heavy (non-hydrogen) atoms. The number of para-hydroxylation sites is 1. The Balaban J connectivity index is 1.16. The van der Waals surface area contributed by atoms with E-state index in [1.807, 2.05) is 0 Å². The zero-order chi connectivity index (χ0) is 31.5. The molecule has 3 aliphatic rings. The van der Waals surface area contributed by atoms with Gasteiger partial charge in [0.05, 0.1) is 12.1 Å². The van der Waals surface area contributed by atoms with E-state index in [1.54, 1.807) is 25.1 Å². The van der Waals surface area contributed by atoms with Crippen LogP contribution in [0.1, 0.15) is 25.8 Å². The number of benzene rings is 2. The summed E-state index contributed by atoms with van der Waals surface area (Å²) in [5.74, 6) is -2.15. The molecule has 5 rings (SSSR count). The van der Waals surface area contributed by atoms with Crippen molar-refractivity contribution in [1.82, 2.24) is 5.32 Å². The van der Waals surface area contributed by atoms with E-state index < -0.39 is 72.7 Å². The first-order chi connectivity index (χ1) is 21.0. The maximum atomic E-state index is 14.9. The van der Waals surface area contributed by atoms with Gasteiger partial charge in [-0.15, -0.1) is 0 Å². The molecule has 1 amide bonds. The van der Waals surface area contributed by atoms with Crippen molar-refractivity contribution in [2.75, 3.05) is 13.4 Å². The summed E-state index contributed by atoms with van der Waals surface area (Å²) in [6.45, 7) is 3.05. The van der Waals surface area contributed by atoms with E-state index in [2.05, 4.69) is 5.32 Å². The summed E-state index contributed by atoms with van der Waals surface area (Å²) in [7, 11) is 0. The quantitative estimate of drug-likeness (QED) is 0.246. The average Bonchev–Trinajstić information content (AvgIpc) is 3.64. The highest BCUT2D eigenvalue weighted by Gasteiger charge is 2.53. The van der Waals surface area contributed by atoms with E-state index in [4.69, 9.17) is 23.7 Å². The fraction of sp³-hybridized carbons (Fsp3) is 0.452. The number of aliphatic hydroxyl groups excluding tert-OH is 3. The van der Waals surface area contributed by atoms with Gasteiger partial charge in [0.1, 0.15) is 43.9 Å². The van der Waals surface area contributed by atoms with Crippen molar-refractivity contribution in [1.29, 1.82) is 0 Å². The van der Waals surface area contributed by atoms with Gasteiger partial charge in [-0.2, -0.15) is 0 Å². The Kier molecular flexibility index (Phi) is 9.93. The maximum absolute atomic E-state index is 14.9. The molecule has 1 aliphatic carbocycles. The third kappa shape index (κ3) is 6.93. The lowest BCUT2D eigenvalue weighted by Gasteiger charge is -2.41. The summed E-state index contributed by atoms with van der Waals surface area (Å²) in [6.07, 6.45) is -6.63. The first-order valence-electron chi connectivity index (χ1n) is 14.1. The normalized spacial score (nSPS) is 32.3. The third-order valence-electron chi connectivity index (χ3n) is 7.86. The molecule has 2 heterocycles. The predicted octanol–water partition coefficient (Wildman–Crippen LogP) is 2.55. The standard InChI is InChI=1S/C31H34F3NO9/c1-15(9-10-40-21-6-4-3-5-18(21)32)23-13-20(34)31(44-23)43-22-8-7-17(12-19(22)33)11-16(2)30(39)35-24-25(36)27(38)29-28(26(24)37)41-14-42-29/h3-9,11-12,20,23-29,31,36-38H,10,13-14H2,1-2H3,(H,35,39)/b15-9+,16-11+/t20-,23-,24+,25-,26+,27+,28-,29+,31+/m0/s1. The molecule has 2 saturated heterocycles. The highest BCUT2D eigenvalue weighted by Crippen LogP contribution is 2.32. The molecule has 3 fully saturated rings. The van der Waals surface area contributed by atoms with E-state index in [1.165, 1.54) is 37.3 Å². The van der Waals surface area contributed by atoms with E-state index in [-0.39, 0.29) is 42.5 Å². The molecule has 13 heteroatoms. The van der Waals surface area contributed by atoms with Crippen LogP contribution in [0.3, 0.4) is 0 Å². The van der Waals surface area contributed by atoms with Gasteiger partial charge >= 0.3 is 0 Å². The number of fused-ring (bicyclic) bond motifs is 1. The van der Waals surface area contributed by atoms with Crippen LogP contribution in [-0.4, -0.2) is 89.8 Å². The number of hydrogen-bond acceptors (Lipinski definition) is 9. The van der Waals surface area contributed by atoms with Crippen molar-refractivity contribution in [3.8, 4) is 11.5 Å². The van der Waals surface area contributed by atoms with Gasteiger partial charge in [0.15, 0.2) is 29.3 Å². The lowest BCUT2D eigenvalue weighted by Crippen LogP contribution is -2.67. The second-order valence-electron chi connectivity index (χ2n) is 10.9. The number of nitrogens with one attached hydrogen (secondary N) is 1. The summed E-state index contributed by atoms with van der Waals surface area (Å²) in [5.41, 5.74) is 1.05. The molecule has 1 saturated carbocycles. The van der Waals surface area contributed by atoms with Crippen molar-refractivity contribution >= 4 is 12.0 Å². The number of aliphatic hydroxyl groups is 3. The molecule has 9 atom stereocenters. The lowest BCUT2D eigenvalue weighted by atomic mass is 9.83. The molecule has 2 aliphatic heterocycles. The Morgan fingerprint density at radius 1 is 1.00 bits per heavy atom. The lowest BCUT2D eigenvalue weighted by molar-refractivity contribution is -0.155. The monoisotopic (exact) mass is 621 g/mol. The highest BCUT2D eigenvalue weighted by molar-refractivity contribution is 5.97. The number of alkyl halides is 1. The molecule has 0 radical (unpaired) electrons. The Bertz CT molecular complexity index is 1410. The second-order valence-corrected chi connectivity index (χ2v) is 10.9. The minimum absolute atomic E-state index is 0.0224. The minimum atomic E-state index is -1.54. The van der Waals surface area contributed by atoms with Crippen molar-refractivity contribution in [3.63, 3.8) is 0 Å². The summed E-state index contributed by atoms with van der Waals surface area (Å²) >= 11 is 0. The summed E-state index contributed by atoms with van der Waals surface area (Å²) in [5, 5.41) is 33.7. The van der Waals surface area contributed by atoms with Gasteiger partial charge in [-0.25, -0.2) is 13.2 Å². The van der Waals surface area contributed by atoms with Crippen molar-refractivity contribution in [3.05, 3.63) is 76.9 Å². The van der Waals surface area contributed by atoms with Gasteiger partial charge in [-0.3, -0.25) is 4.79 Å². The van der Waals surface area contributed by atoms with E-state index in [0.29, 0.717) is 5.57 Å². The van der Waals surface area contributed by atoms with Crippen LogP contribution < -0.4 is 14.8 Å². The Morgan fingerprint density at radius 3 is 2.45 bits per heavy atom. The van der Waals surface area contributed by atoms with Crippen molar-refractivity contribution in [2.24, 2.45) is 0 Å². The van der Waals surface area contributed by atoms with Crippen LogP contribution in [0.5, 0.6) is 11.5 Å². The third-order valence-corrected chi connectivity index (χ3v) is 7.86. The molecular weight excluding hydrogens is 587 g/mol. The van der Waals surface area contributed by atoms with Crippen LogP contribution in [0.2, 0.25) is 0 Å². The van der Waals surface area contributed by atoms with Crippen molar-refractivity contribution < 1.29 is 57.0 Å². The molecule has 0 unspecified atom stereocenters. The number of hydrogen-bond donors (Lipinski definition) is 4. The van der Waals surface area contributed by atoms with Gasteiger partial charge in [-0.05, 0) is 61.4 Å². The molecule has 0 aromatic heterocycles. The number of amides is 1. The first kappa shape index (κ1) is 31.9. The summed E-state index contributed by atoms with van der Waals surface area (Å²) in [4.78, 5) is 12.8. The van der Waals surface area contributed by atoms with E-state index in [0.717, 1.165) is 6.07 Å². The Labute approximate surface area is 251 Å². The van der Waals surface area contributed by atoms with E-state index in [9.17, 15) is 33.3 Å². The molecule has 4 N–H and O–H groups in total. The molecule has 2 aromatic carbocycles. The topological polar surface area (TPSA) is 136 Å². The molecule has 238 valence electrons. The van der Waals surface area contributed by atoms with Gasteiger partial charge in [0, 0.05) is 12.0 Å². The van der Waals surface area contributed by atoms with E-state index >= 15 is 0 Å². The maximum Gasteiger partial charge on any atom is 0.247 e. The van der Waals surface area contributed by atoms with Crippen LogP contribution in [0.25, 0.3) is 6.08 Å². The molecular formula is C31H34F3NO9. The van der Waals surface area contributed by atoms with Crippen LogP contribution in [0, 0.1) is 11.6 Å². The molecule has 2 aromatic rings. The fourth-order valence-corrected chi connectivity index (χ4v) is 5.33. The predicted molar refractivity (Wildman–Crippen MR) is 149 cm³/mol. The largest absolute Gasteiger partial charge is 0.486 e. The molecule has 0 spiro atoms. The average molecular weight is 622 g/mol. The van der Waals surface area contributed by atoms with Crippen LogP contribution in [0.15, 0.2) is 59.7 Å².